The van der Waals surface area contributed by atoms with Gasteiger partial charge < -0.3 is 14.4 Å². The van der Waals surface area contributed by atoms with Crippen LogP contribution in [-0.4, -0.2) is 30.4 Å². The molecule has 10 heteroatoms. The number of hydrogen-bond donors (Lipinski definition) is 0. The first-order chi connectivity index (χ1) is 14.5. The fourth-order valence-electron chi connectivity index (χ4n) is 3.17. The highest BCUT2D eigenvalue weighted by Crippen LogP contribution is 2.27. The lowest BCUT2D eigenvalue weighted by Gasteiger charge is -2.25. The van der Waals surface area contributed by atoms with Gasteiger partial charge in [-0.1, -0.05) is 23.5 Å². The molecular weight excluding hydrogens is 408 g/mol. The minimum atomic E-state index is -0.441. The number of hydrogen-bond acceptors (Lipinski definition) is 8. The van der Waals surface area contributed by atoms with E-state index >= 15 is 0 Å². The minimum absolute atomic E-state index is 0.00145. The van der Waals surface area contributed by atoms with Gasteiger partial charge >= 0.3 is 0 Å². The topological polar surface area (TPSA) is 99.2 Å². The van der Waals surface area contributed by atoms with Gasteiger partial charge in [0.1, 0.15) is 13.3 Å². The van der Waals surface area contributed by atoms with Crippen LogP contribution in [0.2, 0.25) is 0 Å². The number of nitrogens with zero attached hydrogens (tertiary/aromatic N) is 4. The van der Waals surface area contributed by atoms with E-state index in [0.29, 0.717) is 33.2 Å². The van der Waals surface area contributed by atoms with Gasteiger partial charge in [-0.05, 0) is 29.8 Å². The maximum atomic E-state index is 12.9. The summed E-state index contributed by atoms with van der Waals surface area (Å²) in [6, 6.07) is 11.7. The molecule has 1 aliphatic heterocycles. The molecule has 2 aromatic carbocycles. The number of non-ortho nitro benzene ring substituents is 1. The number of fused-ring (bicyclic) bond motifs is 1. The van der Waals surface area contributed by atoms with Crippen molar-refractivity contribution in [1.29, 1.82) is 0 Å². The molecule has 0 N–H and O–H groups in total. The smallest absolute Gasteiger partial charge is 0.271 e. The van der Waals surface area contributed by atoms with Crippen molar-refractivity contribution in [2.45, 2.75) is 6.67 Å². The summed E-state index contributed by atoms with van der Waals surface area (Å²) in [5.74, 6) is 1.19. The van der Waals surface area contributed by atoms with Crippen molar-refractivity contribution in [1.82, 2.24) is 4.57 Å². The van der Waals surface area contributed by atoms with E-state index in [-0.39, 0.29) is 17.9 Å². The van der Waals surface area contributed by atoms with Gasteiger partial charge in [0.05, 0.1) is 23.7 Å². The third-order valence-corrected chi connectivity index (χ3v) is 5.73. The quantitative estimate of drug-likeness (QED) is 0.455. The van der Waals surface area contributed by atoms with Crippen LogP contribution in [0.5, 0.6) is 11.5 Å². The molecule has 4 rings (SSSR count). The Balaban J connectivity index is 1.68. The molecule has 0 spiro atoms. The second-order valence-electron chi connectivity index (χ2n) is 6.50. The maximum absolute atomic E-state index is 12.9. The second-order valence-corrected chi connectivity index (χ2v) is 7.51. The zero-order valence-corrected chi connectivity index (χ0v) is 17.1. The highest BCUT2D eigenvalue weighted by Gasteiger charge is 2.18. The summed E-state index contributed by atoms with van der Waals surface area (Å²) in [5, 5.41) is 11.0. The van der Waals surface area contributed by atoms with Crippen molar-refractivity contribution in [3.63, 3.8) is 0 Å². The van der Waals surface area contributed by atoms with Crippen molar-refractivity contribution in [2.24, 2.45) is 4.99 Å². The SMILES string of the molecule is COc1ccc(C=c2sc3n(c2=O)CN(c2cccc([N+](=O)[O-])c2)CN=3)cc1OC. The molecule has 0 fully saturated rings. The van der Waals surface area contributed by atoms with Crippen LogP contribution in [0.15, 0.2) is 52.3 Å². The number of nitro groups is 1. The molecule has 0 bridgehead atoms. The van der Waals surface area contributed by atoms with Crippen molar-refractivity contribution in [3.05, 3.63) is 77.8 Å². The first kappa shape index (κ1) is 19.6. The second kappa shape index (κ2) is 7.99. The van der Waals surface area contributed by atoms with E-state index in [1.807, 2.05) is 11.0 Å². The number of anilines is 1. The highest BCUT2D eigenvalue weighted by molar-refractivity contribution is 7.07. The molecule has 154 valence electrons. The molecule has 1 aliphatic rings. The number of methoxy groups -OCH3 is 2. The van der Waals surface area contributed by atoms with E-state index in [9.17, 15) is 14.9 Å². The zero-order valence-electron chi connectivity index (χ0n) is 16.3. The number of rotatable bonds is 5. The van der Waals surface area contributed by atoms with Gasteiger partial charge in [-0.25, -0.2) is 4.99 Å². The average Bonchev–Trinajstić information content (AvgIpc) is 3.08. The number of nitro benzene ring substituents is 1. The van der Waals surface area contributed by atoms with Gasteiger partial charge in [0.25, 0.3) is 11.2 Å². The lowest BCUT2D eigenvalue weighted by Crippen LogP contribution is -2.42. The van der Waals surface area contributed by atoms with Crippen LogP contribution in [0.3, 0.4) is 0 Å². The van der Waals surface area contributed by atoms with Crippen molar-refractivity contribution < 1.29 is 14.4 Å². The molecule has 3 aromatic rings. The van der Waals surface area contributed by atoms with Crippen molar-refractivity contribution in [3.8, 4) is 11.5 Å². The standard InChI is InChI=1S/C20H18N4O5S/c1-28-16-7-6-13(8-17(16)29-2)9-18-19(25)23-12-22(11-21-20(23)30-18)14-4-3-5-15(10-14)24(26)27/h3-10H,11-12H2,1-2H3. The fourth-order valence-corrected chi connectivity index (χ4v) is 4.13. The van der Waals surface area contributed by atoms with E-state index in [2.05, 4.69) is 4.99 Å². The molecule has 0 radical (unpaired) electrons. The number of aromatic nitrogens is 1. The summed E-state index contributed by atoms with van der Waals surface area (Å²) in [6.45, 7) is 0.589. The summed E-state index contributed by atoms with van der Waals surface area (Å²) in [5.41, 5.74) is 1.28. The lowest BCUT2D eigenvalue weighted by atomic mass is 10.2. The van der Waals surface area contributed by atoms with Crippen LogP contribution in [0.1, 0.15) is 5.56 Å². The van der Waals surface area contributed by atoms with Gasteiger partial charge in [-0.15, -0.1) is 0 Å². The van der Waals surface area contributed by atoms with E-state index < -0.39 is 4.92 Å². The molecule has 0 saturated heterocycles. The zero-order chi connectivity index (χ0) is 21.3. The predicted molar refractivity (Wildman–Crippen MR) is 113 cm³/mol. The molecule has 0 saturated carbocycles. The Kier molecular flexibility index (Phi) is 5.23. The third kappa shape index (κ3) is 3.64. The van der Waals surface area contributed by atoms with Crippen LogP contribution in [0.25, 0.3) is 6.08 Å². The van der Waals surface area contributed by atoms with Gasteiger partial charge in [-0.2, -0.15) is 0 Å². The summed E-state index contributed by atoms with van der Waals surface area (Å²) in [6.07, 6.45) is 1.79. The predicted octanol–water partition coefficient (Wildman–Crippen LogP) is 1.72. The highest BCUT2D eigenvalue weighted by atomic mass is 32.1. The van der Waals surface area contributed by atoms with Crippen LogP contribution in [-0.2, 0) is 6.67 Å². The molecule has 0 atom stereocenters. The van der Waals surface area contributed by atoms with Gasteiger partial charge in [-0.3, -0.25) is 19.5 Å². The minimum Gasteiger partial charge on any atom is -0.493 e. The molecular formula is C20H18N4O5S. The Morgan fingerprint density at radius 3 is 2.70 bits per heavy atom. The number of ether oxygens (including phenoxy) is 2. The number of thiazole rings is 1. The van der Waals surface area contributed by atoms with Gasteiger partial charge in [0.15, 0.2) is 16.3 Å². The van der Waals surface area contributed by atoms with E-state index in [0.717, 1.165) is 5.56 Å². The molecule has 2 heterocycles. The molecule has 0 amide bonds. The Morgan fingerprint density at radius 2 is 1.97 bits per heavy atom. The van der Waals surface area contributed by atoms with Crippen LogP contribution >= 0.6 is 11.3 Å². The van der Waals surface area contributed by atoms with E-state index in [1.54, 1.807) is 49.1 Å². The third-order valence-electron chi connectivity index (χ3n) is 4.69. The summed E-state index contributed by atoms with van der Waals surface area (Å²) < 4.78 is 12.7. The average molecular weight is 426 g/mol. The molecule has 0 unspecified atom stereocenters. The number of benzene rings is 2. The molecule has 1 aromatic heterocycles. The molecule has 30 heavy (non-hydrogen) atoms. The van der Waals surface area contributed by atoms with Crippen molar-refractivity contribution >= 4 is 28.8 Å². The summed E-state index contributed by atoms with van der Waals surface area (Å²) >= 11 is 1.31. The van der Waals surface area contributed by atoms with Crippen LogP contribution < -0.4 is 29.3 Å². The Labute approximate surface area is 174 Å². The van der Waals surface area contributed by atoms with Crippen molar-refractivity contribution in [2.75, 3.05) is 25.8 Å². The fraction of sp³-hybridized carbons (Fsp3) is 0.200. The van der Waals surface area contributed by atoms with E-state index in [1.165, 1.54) is 23.5 Å². The van der Waals surface area contributed by atoms with Crippen LogP contribution in [0.4, 0.5) is 11.4 Å². The first-order valence-electron chi connectivity index (χ1n) is 8.97. The Bertz CT molecular complexity index is 1300. The summed E-state index contributed by atoms with van der Waals surface area (Å²) in [7, 11) is 3.12. The maximum Gasteiger partial charge on any atom is 0.271 e. The van der Waals surface area contributed by atoms with Gasteiger partial charge in [0.2, 0.25) is 0 Å². The van der Waals surface area contributed by atoms with E-state index in [4.69, 9.17) is 9.47 Å². The largest absolute Gasteiger partial charge is 0.493 e. The summed E-state index contributed by atoms with van der Waals surface area (Å²) in [4.78, 5) is 30.5. The molecule has 0 aliphatic carbocycles. The Hall–Kier alpha value is -3.66. The normalized spacial score (nSPS) is 13.5. The van der Waals surface area contributed by atoms with Gasteiger partial charge in [0, 0.05) is 17.8 Å². The lowest BCUT2D eigenvalue weighted by molar-refractivity contribution is -0.384. The first-order valence-corrected chi connectivity index (χ1v) is 9.79. The monoisotopic (exact) mass is 426 g/mol. The Morgan fingerprint density at radius 1 is 1.17 bits per heavy atom. The molecule has 9 nitrogen and oxygen atoms in total. The van der Waals surface area contributed by atoms with Crippen LogP contribution in [0, 0.1) is 10.1 Å².